The zero-order valence-corrected chi connectivity index (χ0v) is 17.8. The molecule has 5 rings (SSSR count). The van der Waals surface area contributed by atoms with Crippen LogP contribution in [0.1, 0.15) is 27.6 Å². The fourth-order valence-corrected chi connectivity index (χ4v) is 3.78. The molecule has 0 aliphatic carbocycles. The minimum atomic E-state index is -0.635. The first-order valence-electron chi connectivity index (χ1n) is 10.4. The van der Waals surface area contributed by atoms with Crippen LogP contribution in [0.5, 0.6) is 23.0 Å². The van der Waals surface area contributed by atoms with Gasteiger partial charge in [0.05, 0.1) is 12.2 Å². The third kappa shape index (κ3) is 4.08. The van der Waals surface area contributed by atoms with E-state index in [9.17, 15) is 10.1 Å². The number of ether oxygens (including phenoxy) is 3. The Balaban J connectivity index is 1.49. The lowest BCUT2D eigenvalue weighted by atomic mass is 9.83. The normalized spacial score (nSPS) is 14.5. The summed E-state index contributed by atoms with van der Waals surface area (Å²) in [6.45, 7) is 0. The van der Waals surface area contributed by atoms with Gasteiger partial charge in [0.25, 0.3) is 0 Å². The van der Waals surface area contributed by atoms with Crippen molar-refractivity contribution in [3.8, 4) is 29.1 Å². The fraction of sp³-hybridized carbons (Fsp3) is 0.0370. The van der Waals surface area contributed by atoms with Crippen LogP contribution in [0.15, 0.2) is 107 Å². The van der Waals surface area contributed by atoms with Crippen molar-refractivity contribution in [1.29, 1.82) is 5.26 Å². The molecule has 0 radical (unpaired) electrons. The molecular formula is C27H18N2O5. The van der Waals surface area contributed by atoms with Gasteiger partial charge in [-0.2, -0.15) is 5.26 Å². The molecule has 0 spiro atoms. The highest BCUT2D eigenvalue weighted by molar-refractivity contribution is 5.88. The van der Waals surface area contributed by atoms with Gasteiger partial charge in [-0.3, -0.25) is 0 Å². The minimum Gasteiger partial charge on any atom is -0.457 e. The zero-order valence-electron chi connectivity index (χ0n) is 17.8. The SMILES string of the molecule is N#CC1=C(N)Oc2cc(OC(=O)c3ccco3)ccc2C1c1cccc(Oc2ccccc2)c1. The third-order valence-corrected chi connectivity index (χ3v) is 5.29. The van der Waals surface area contributed by atoms with Crippen LogP contribution >= 0.6 is 0 Å². The maximum Gasteiger partial charge on any atom is 0.379 e. The highest BCUT2D eigenvalue weighted by atomic mass is 16.5. The van der Waals surface area contributed by atoms with Gasteiger partial charge < -0.3 is 24.4 Å². The van der Waals surface area contributed by atoms with Crippen LogP contribution in [0.3, 0.4) is 0 Å². The van der Waals surface area contributed by atoms with Crippen molar-refractivity contribution in [3.05, 3.63) is 120 Å². The molecule has 2 heterocycles. The van der Waals surface area contributed by atoms with Gasteiger partial charge in [-0.05, 0) is 48.0 Å². The molecular weight excluding hydrogens is 432 g/mol. The Morgan fingerprint density at radius 3 is 2.50 bits per heavy atom. The molecule has 0 saturated heterocycles. The second-order valence-electron chi connectivity index (χ2n) is 7.48. The monoisotopic (exact) mass is 450 g/mol. The summed E-state index contributed by atoms with van der Waals surface area (Å²) in [5.41, 5.74) is 7.90. The molecule has 1 aliphatic heterocycles. The molecule has 7 nitrogen and oxygen atoms in total. The number of carbonyl (C=O) groups excluding carboxylic acids is 1. The average molecular weight is 450 g/mol. The van der Waals surface area contributed by atoms with E-state index in [1.807, 2.05) is 54.6 Å². The first kappa shape index (κ1) is 20.9. The van der Waals surface area contributed by atoms with Gasteiger partial charge in [0.2, 0.25) is 11.6 Å². The van der Waals surface area contributed by atoms with Crippen molar-refractivity contribution >= 4 is 5.97 Å². The second kappa shape index (κ2) is 8.88. The van der Waals surface area contributed by atoms with E-state index >= 15 is 0 Å². The van der Waals surface area contributed by atoms with Crippen molar-refractivity contribution in [2.45, 2.75) is 5.92 Å². The lowest BCUT2D eigenvalue weighted by Crippen LogP contribution is -2.21. The number of nitriles is 1. The molecule has 3 aromatic carbocycles. The molecule has 1 atom stereocenters. The summed E-state index contributed by atoms with van der Waals surface area (Å²) in [5, 5.41) is 9.82. The molecule has 7 heteroatoms. The van der Waals surface area contributed by atoms with Crippen molar-refractivity contribution < 1.29 is 23.4 Å². The largest absolute Gasteiger partial charge is 0.457 e. The van der Waals surface area contributed by atoms with Crippen LogP contribution in [-0.2, 0) is 0 Å². The first-order chi connectivity index (χ1) is 16.6. The summed E-state index contributed by atoms with van der Waals surface area (Å²) in [4.78, 5) is 12.2. The summed E-state index contributed by atoms with van der Waals surface area (Å²) in [6.07, 6.45) is 1.39. The van der Waals surface area contributed by atoms with E-state index in [0.717, 1.165) is 5.56 Å². The number of carbonyl (C=O) groups is 1. The Morgan fingerprint density at radius 2 is 1.74 bits per heavy atom. The maximum absolute atomic E-state index is 12.2. The summed E-state index contributed by atoms with van der Waals surface area (Å²) in [7, 11) is 0. The van der Waals surface area contributed by atoms with Gasteiger partial charge in [-0.1, -0.05) is 36.4 Å². The van der Waals surface area contributed by atoms with Crippen LogP contribution in [-0.4, -0.2) is 5.97 Å². The molecule has 34 heavy (non-hydrogen) atoms. The van der Waals surface area contributed by atoms with E-state index in [1.54, 1.807) is 24.3 Å². The maximum atomic E-state index is 12.2. The summed E-state index contributed by atoms with van der Waals surface area (Å²) < 4.78 is 22.1. The predicted octanol–water partition coefficient (Wildman–Crippen LogP) is 5.51. The standard InChI is InChI=1S/C27H18N2O5/c28-16-22-25(17-6-4-9-19(14-17)32-18-7-2-1-3-8-18)21-12-11-20(15-24(21)34-26(22)29)33-27(30)23-10-5-13-31-23/h1-15,25H,29H2. The molecule has 0 fully saturated rings. The molecule has 0 bridgehead atoms. The number of hydrogen-bond donors (Lipinski definition) is 1. The topological polar surface area (TPSA) is 108 Å². The number of nitrogens with two attached hydrogens (primary N) is 1. The number of hydrogen-bond acceptors (Lipinski definition) is 7. The number of para-hydroxylation sites is 1. The van der Waals surface area contributed by atoms with Gasteiger partial charge >= 0.3 is 5.97 Å². The van der Waals surface area contributed by atoms with Gasteiger partial charge in [-0.15, -0.1) is 0 Å². The van der Waals surface area contributed by atoms with Crippen LogP contribution in [0.4, 0.5) is 0 Å². The lowest BCUT2D eigenvalue weighted by molar-refractivity contribution is 0.0701. The van der Waals surface area contributed by atoms with Gasteiger partial charge in [0.1, 0.15) is 34.6 Å². The Bertz CT molecular complexity index is 1420. The van der Waals surface area contributed by atoms with Crippen molar-refractivity contribution in [3.63, 3.8) is 0 Å². The van der Waals surface area contributed by atoms with E-state index in [1.165, 1.54) is 12.3 Å². The molecule has 2 N–H and O–H groups in total. The number of fused-ring (bicyclic) bond motifs is 1. The van der Waals surface area contributed by atoms with Crippen LogP contribution in [0.25, 0.3) is 0 Å². The van der Waals surface area contributed by atoms with Crippen molar-refractivity contribution in [1.82, 2.24) is 0 Å². The number of nitrogens with zero attached hydrogens (tertiary/aromatic N) is 1. The number of rotatable bonds is 5. The highest BCUT2D eigenvalue weighted by Gasteiger charge is 2.31. The van der Waals surface area contributed by atoms with E-state index < -0.39 is 11.9 Å². The Labute approximate surface area is 195 Å². The molecule has 1 aliphatic rings. The minimum absolute atomic E-state index is 0.0103. The number of esters is 1. The highest BCUT2D eigenvalue weighted by Crippen LogP contribution is 2.44. The quantitative estimate of drug-likeness (QED) is 0.315. The van der Waals surface area contributed by atoms with Crippen molar-refractivity contribution in [2.24, 2.45) is 5.73 Å². The first-order valence-corrected chi connectivity index (χ1v) is 10.4. The van der Waals surface area contributed by atoms with Crippen LogP contribution in [0, 0.1) is 11.3 Å². The van der Waals surface area contributed by atoms with Crippen molar-refractivity contribution in [2.75, 3.05) is 0 Å². The molecule has 0 saturated carbocycles. The number of furan rings is 1. The molecule has 0 amide bonds. The van der Waals surface area contributed by atoms with Gasteiger partial charge in [0.15, 0.2) is 0 Å². The molecule has 1 aromatic heterocycles. The molecule has 1 unspecified atom stereocenters. The molecule has 166 valence electrons. The number of allylic oxidation sites excluding steroid dienone is 1. The summed E-state index contributed by atoms with van der Waals surface area (Å²) in [5.74, 6) is 0.921. The lowest BCUT2D eigenvalue weighted by Gasteiger charge is -2.27. The van der Waals surface area contributed by atoms with Gasteiger partial charge in [0, 0.05) is 11.6 Å². The van der Waals surface area contributed by atoms with E-state index in [-0.39, 0.29) is 23.0 Å². The summed E-state index contributed by atoms with van der Waals surface area (Å²) in [6, 6.07) is 27.1. The van der Waals surface area contributed by atoms with Crippen LogP contribution < -0.4 is 19.9 Å². The predicted molar refractivity (Wildman–Crippen MR) is 122 cm³/mol. The van der Waals surface area contributed by atoms with E-state index in [2.05, 4.69) is 6.07 Å². The Morgan fingerprint density at radius 1 is 0.912 bits per heavy atom. The zero-order chi connectivity index (χ0) is 23.5. The summed E-state index contributed by atoms with van der Waals surface area (Å²) >= 11 is 0. The number of benzene rings is 3. The van der Waals surface area contributed by atoms with Gasteiger partial charge in [-0.25, -0.2) is 4.79 Å². The smallest absolute Gasteiger partial charge is 0.379 e. The molecule has 4 aromatic rings. The van der Waals surface area contributed by atoms with E-state index in [0.29, 0.717) is 22.8 Å². The average Bonchev–Trinajstić information content (AvgIpc) is 3.39. The van der Waals surface area contributed by atoms with E-state index in [4.69, 9.17) is 24.4 Å². The Kier molecular flexibility index (Phi) is 5.46. The fourth-order valence-electron chi connectivity index (χ4n) is 3.78. The van der Waals surface area contributed by atoms with Crippen LogP contribution in [0.2, 0.25) is 0 Å². The third-order valence-electron chi connectivity index (χ3n) is 5.29. The second-order valence-corrected chi connectivity index (χ2v) is 7.48. The Hall–Kier alpha value is -4.96.